The molecule has 0 atom stereocenters. The minimum atomic E-state index is -5.05. The second kappa shape index (κ2) is 9.33. The van der Waals surface area contributed by atoms with Crippen LogP contribution in [0.25, 0.3) is 22.6 Å². The van der Waals surface area contributed by atoms with Gasteiger partial charge in [0.2, 0.25) is 0 Å². The van der Waals surface area contributed by atoms with Gasteiger partial charge in [0, 0.05) is 17.2 Å². The summed E-state index contributed by atoms with van der Waals surface area (Å²) >= 11 is 6.05. The Kier molecular flexibility index (Phi) is 6.40. The predicted molar refractivity (Wildman–Crippen MR) is 119 cm³/mol. The Morgan fingerprint density at radius 1 is 0.972 bits per heavy atom. The zero-order valence-electron chi connectivity index (χ0n) is 17.8. The van der Waals surface area contributed by atoms with Crippen molar-refractivity contribution in [1.29, 1.82) is 10.5 Å². The smallest absolute Gasteiger partial charge is 0.417 e. The average Bonchev–Trinajstić information content (AvgIpc) is 3.31. The lowest BCUT2D eigenvalue weighted by Crippen LogP contribution is -2.29. The van der Waals surface area contributed by atoms with E-state index in [-0.39, 0.29) is 27.6 Å². The molecule has 0 fully saturated rings. The Hall–Kier alpha value is -4.41. The maximum atomic E-state index is 14.3. The molecule has 2 aromatic heterocycles. The van der Waals surface area contributed by atoms with Crippen molar-refractivity contribution in [3.8, 4) is 34.7 Å². The first-order valence-electron chi connectivity index (χ1n) is 10.0. The van der Waals surface area contributed by atoms with Crippen molar-refractivity contribution in [3.63, 3.8) is 0 Å². The summed E-state index contributed by atoms with van der Waals surface area (Å²) in [5.74, 6) is -2.11. The van der Waals surface area contributed by atoms with Crippen LogP contribution in [0, 0.1) is 34.3 Å². The third-order valence-electron chi connectivity index (χ3n) is 5.34. The van der Waals surface area contributed by atoms with Crippen molar-refractivity contribution in [2.24, 2.45) is 0 Å². The van der Waals surface area contributed by atoms with Crippen molar-refractivity contribution in [2.45, 2.75) is 12.7 Å². The molecule has 2 aromatic carbocycles. The third kappa shape index (κ3) is 4.59. The Bertz CT molecular complexity index is 1640. The Labute approximate surface area is 204 Å². The molecular formula is C25H11ClF5N3O2. The first kappa shape index (κ1) is 24.7. The summed E-state index contributed by atoms with van der Waals surface area (Å²) in [6.45, 7) is -0.605. The predicted octanol–water partition coefficient (Wildman–Crippen LogP) is 6.52. The van der Waals surface area contributed by atoms with E-state index in [1.807, 2.05) is 6.07 Å². The van der Waals surface area contributed by atoms with Gasteiger partial charge in [-0.1, -0.05) is 23.7 Å². The molecule has 36 heavy (non-hydrogen) atoms. The topological polar surface area (TPSA) is 82.7 Å². The molecule has 4 rings (SSSR count). The number of benzene rings is 2. The number of nitriles is 2. The third-order valence-corrected chi connectivity index (χ3v) is 5.65. The van der Waals surface area contributed by atoms with Crippen LogP contribution >= 0.6 is 11.6 Å². The molecule has 0 aliphatic carbocycles. The van der Waals surface area contributed by atoms with Gasteiger partial charge >= 0.3 is 6.18 Å². The van der Waals surface area contributed by atoms with E-state index < -0.39 is 41.0 Å². The molecule has 0 spiro atoms. The Morgan fingerprint density at radius 2 is 1.72 bits per heavy atom. The molecule has 0 bridgehead atoms. The summed E-state index contributed by atoms with van der Waals surface area (Å²) in [7, 11) is 0. The van der Waals surface area contributed by atoms with Gasteiger partial charge < -0.3 is 4.42 Å². The maximum Gasteiger partial charge on any atom is 0.417 e. The molecule has 0 aliphatic rings. The largest absolute Gasteiger partial charge is 0.462 e. The summed E-state index contributed by atoms with van der Waals surface area (Å²) in [4.78, 5) is 13.0. The fourth-order valence-electron chi connectivity index (χ4n) is 3.57. The van der Waals surface area contributed by atoms with Crippen LogP contribution < -0.4 is 5.56 Å². The minimum Gasteiger partial charge on any atom is -0.462 e. The van der Waals surface area contributed by atoms with Gasteiger partial charge in [-0.05, 0) is 35.9 Å². The fraction of sp³-hybridized carbons (Fsp3) is 0.0800. The number of halogens is 6. The monoisotopic (exact) mass is 515 g/mol. The lowest BCUT2D eigenvalue weighted by Gasteiger charge is -2.16. The van der Waals surface area contributed by atoms with Crippen molar-refractivity contribution < 1.29 is 26.4 Å². The fourth-order valence-corrected chi connectivity index (χ4v) is 3.79. The zero-order valence-corrected chi connectivity index (χ0v) is 18.6. The van der Waals surface area contributed by atoms with Gasteiger partial charge in [-0.15, -0.1) is 0 Å². The summed E-state index contributed by atoms with van der Waals surface area (Å²) in [5, 5.41) is 18.5. The van der Waals surface area contributed by atoms with E-state index in [9.17, 15) is 32.0 Å². The molecule has 5 nitrogen and oxygen atoms in total. The average molecular weight is 516 g/mol. The molecule has 0 N–H and O–H groups in total. The highest BCUT2D eigenvalue weighted by Crippen LogP contribution is 2.36. The van der Waals surface area contributed by atoms with Gasteiger partial charge in [0.05, 0.1) is 34.7 Å². The summed E-state index contributed by atoms with van der Waals surface area (Å²) < 4.78 is 74.9. The molecule has 4 aromatic rings. The van der Waals surface area contributed by atoms with Gasteiger partial charge in [0.1, 0.15) is 29.3 Å². The van der Waals surface area contributed by atoms with Gasteiger partial charge in [-0.25, -0.2) is 8.78 Å². The number of pyridine rings is 1. The van der Waals surface area contributed by atoms with E-state index in [2.05, 4.69) is 0 Å². The van der Waals surface area contributed by atoms with E-state index in [4.69, 9.17) is 21.3 Å². The standard InChI is InChI=1S/C25H11ClF5N3O2/c26-20-5-13(1-2-14(20)9-32)16-6-23(36-12-16)22-8-19(25(29,30)31)18(10-33)24(35)34(22)11-15-3-4-17(27)7-21(15)28/h1-8,12H,11H2. The van der Waals surface area contributed by atoms with Crippen LogP contribution in [0.5, 0.6) is 0 Å². The number of hydrogen-bond acceptors (Lipinski definition) is 4. The van der Waals surface area contributed by atoms with Crippen LogP contribution in [-0.4, -0.2) is 4.57 Å². The first-order chi connectivity index (χ1) is 17.0. The van der Waals surface area contributed by atoms with Crippen molar-refractivity contribution >= 4 is 11.6 Å². The van der Waals surface area contributed by atoms with E-state index in [0.717, 1.165) is 16.7 Å². The number of furan rings is 1. The normalized spacial score (nSPS) is 11.2. The second-order valence-corrected chi connectivity index (χ2v) is 7.97. The number of rotatable bonds is 4. The maximum absolute atomic E-state index is 14.3. The van der Waals surface area contributed by atoms with Gasteiger partial charge in [0.15, 0.2) is 5.76 Å². The van der Waals surface area contributed by atoms with E-state index >= 15 is 0 Å². The molecule has 0 radical (unpaired) electrons. The summed E-state index contributed by atoms with van der Waals surface area (Å²) in [5.41, 5.74) is -3.54. The Morgan fingerprint density at radius 3 is 2.33 bits per heavy atom. The van der Waals surface area contributed by atoms with Crippen LogP contribution in [0.1, 0.15) is 22.3 Å². The number of nitrogens with zero attached hydrogens (tertiary/aromatic N) is 3. The zero-order chi connectivity index (χ0) is 26.2. The van der Waals surface area contributed by atoms with Crippen LogP contribution in [0.15, 0.2) is 64.0 Å². The lowest BCUT2D eigenvalue weighted by molar-refractivity contribution is -0.137. The van der Waals surface area contributed by atoms with Gasteiger partial charge in [0.25, 0.3) is 5.56 Å². The lowest BCUT2D eigenvalue weighted by atomic mass is 10.0. The molecular weight excluding hydrogens is 505 g/mol. The highest BCUT2D eigenvalue weighted by molar-refractivity contribution is 6.32. The number of alkyl halides is 3. The molecule has 0 saturated carbocycles. The van der Waals surface area contributed by atoms with E-state index in [1.54, 1.807) is 6.07 Å². The highest BCUT2D eigenvalue weighted by Gasteiger charge is 2.37. The number of aromatic nitrogens is 1. The summed E-state index contributed by atoms with van der Waals surface area (Å²) in [6.07, 6.45) is -3.85. The molecule has 11 heteroatoms. The molecule has 0 saturated heterocycles. The first-order valence-corrected chi connectivity index (χ1v) is 10.4. The minimum absolute atomic E-state index is 0.138. The SMILES string of the molecule is N#Cc1ccc(-c2coc(-c3cc(C(F)(F)F)c(C#N)c(=O)n3Cc3ccc(F)cc3F)c2)cc1Cl. The van der Waals surface area contributed by atoms with Crippen LogP contribution in [0.3, 0.4) is 0 Å². The Balaban J connectivity index is 1.92. The van der Waals surface area contributed by atoms with Crippen LogP contribution in [0.2, 0.25) is 5.02 Å². The van der Waals surface area contributed by atoms with E-state index in [1.165, 1.54) is 30.5 Å². The summed E-state index contributed by atoms with van der Waals surface area (Å²) in [6, 6.07) is 12.0. The van der Waals surface area contributed by atoms with Crippen molar-refractivity contribution in [1.82, 2.24) is 4.57 Å². The molecule has 180 valence electrons. The van der Waals surface area contributed by atoms with Gasteiger partial charge in [-0.3, -0.25) is 9.36 Å². The van der Waals surface area contributed by atoms with Crippen LogP contribution in [0.4, 0.5) is 22.0 Å². The molecule has 0 unspecified atom stereocenters. The van der Waals surface area contributed by atoms with Crippen LogP contribution in [-0.2, 0) is 12.7 Å². The second-order valence-electron chi connectivity index (χ2n) is 7.56. The molecule has 0 aliphatic heterocycles. The van der Waals surface area contributed by atoms with E-state index in [0.29, 0.717) is 23.3 Å². The molecule has 2 heterocycles. The molecule has 0 amide bonds. The van der Waals surface area contributed by atoms with Crippen molar-refractivity contribution in [2.75, 3.05) is 0 Å². The van der Waals surface area contributed by atoms with Crippen molar-refractivity contribution in [3.05, 3.63) is 104 Å². The van der Waals surface area contributed by atoms with Gasteiger partial charge in [-0.2, -0.15) is 23.7 Å². The highest BCUT2D eigenvalue weighted by atomic mass is 35.5. The number of hydrogen-bond donors (Lipinski definition) is 0. The quantitative estimate of drug-likeness (QED) is 0.290.